The van der Waals surface area contributed by atoms with Gasteiger partial charge < -0.3 is 20.5 Å². The van der Waals surface area contributed by atoms with Crippen molar-refractivity contribution in [2.45, 2.75) is 24.8 Å². The molecule has 7 nitrogen and oxygen atoms in total. The van der Waals surface area contributed by atoms with Crippen LogP contribution in [0.25, 0.3) is 0 Å². The number of anilines is 1. The Kier molecular flexibility index (Phi) is 7.32. The Labute approximate surface area is 167 Å². The van der Waals surface area contributed by atoms with E-state index in [1.807, 2.05) is 12.1 Å². The quantitative estimate of drug-likeness (QED) is 0.732. The van der Waals surface area contributed by atoms with E-state index < -0.39 is 5.54 Å². The van der Waals surface area contributed by atoms with Gasteiger partial charge >= 0.3 is 5.97 Å². The fourth-order valence-electron chi connectivity index (χ4n) is 2.76. The zero-order valence-electron chi connectivity index (χ0n) is 14.9. The van der Waals surface area contributed by atoms with Gasteiger partial charge in [0.15, 0.2) is 5.13 Å². The number of ether oxygens (including phenoxy) is 2. The van der Waals surface area contributed by atoms with E-state index >= 15 is 0 Å². The third kappa shape index (κ3) is 5.26. The maximum Gasteiger partial charge on any atom is 0.337 e. The highest BCUT2D eigenvalue weighted by atomic mass is 35.5. The topological polar surface area (TPSA) is 104 Å². The molecule has 27 heavy (non-hydrogen) atoms. The number of rotatable bonds is 5. The van der Waals surface area contributed by atoms with Gasteiger partial charge in [0.25, 0.3) is 0 Å². The van der Waals surface area contributed by atoms with E-state index in [0.717, 1.165) is 10.4 Å². The van der Waals surface area contributed by atoms with Crippen LogP contribution >= 0.6 is 23.7 Å². The van der Waals surface area contributed by atoms with Gasteiger partial charge in [-0.25, -0.2) is 9.78 Å². The number of carbonyl (C=O) groups is 2. The van der Waals surface area contributed by atoms with Crippen LogP contribution in [0.5, 0.6) is 0 Å². The molecule has 0 spiro atoms. The summed E-state index contributed by atoms with van der Waals surface area (Å²) in [5.41, 5.74) is 6.75. The predicted molar refractivity (Wildman–Crippen MR) is 106 cm³/mol. The van der Waals surface area contributed by atoms with Crippen LogP contribution in [0.2, 0.25) is 0 Å². The van der Waals surface area contributed by atoms with E-state index in [2.05, 4.69) is 10.3 Å². The lowest BCUT2D eigenvalue weighted by molar-refractivity contribution is -0.124. The highest BCUT2D eigenvalue weighted by molar-refractivity contribution is 7.15. The van der Waals surface area contributed by atoms with Crippen molar-refractivity contribution < 1.29 is 19.1 Å². The summed E-state index contributed by atoms with van der Waals surface area (Å²) in [7, 11) is 1.36. The lowest BCUT2D eigenvalue weighted by Crippen LogP contribution is -2.54. The van der Waals surface area contributed by atoms with Gasteiger partial charge in [0, 0.05) is 30.7 Å². The number of halogens is 1. The van der Waals surface area contributed by atoms with Gasteiger partial charge in [-0.3, -0.25) is 4.79 Å². The summed E-state index contributed by atoms with van der Waals surface area (Å²) in [4.78, 5) is 29.3. The van der Waals surface area contributed by atoms with Crippen LogP contribution in [0.4, 0.5) is 5.13 Å². The van der Waals surface area contributed by atoms with Crippen molar-refractivity contribution in [2.24, 2.45) is 5.73 Å². The predicted octanol–water partition coefficient (Wildman–Crippen LogP) is 2.39. The highest BCUT2D eigenvalue weighted by Gasteiger charge is 2.36. The lowest BCUT2D eigenvalue weighted by Gasteiger charge is -2.31. The van der Waals surface area contributed by atoms with Crippen LogP contribution in [0.3, 0.4) is 0 Å². The number of esters is 1. The molecular formula is C18H22ClN3O4S. The molecule has 0 aliphatic carbocycles. The van der Waals surface area contributed by atoms with Gasteiger partial charge in [-0.05, 0) is 30.5 Å². The second kappa shape index (κ2) is 9.27. The standard InChI is InChI=1S/C18H21N3O4S.ClH/c1-24-15(22)13-4-2-3-12(9-13)10-14-11-20-17(26-14)21-16(23)18(19)5-7-25-8-6-18;/h2-4,9,11H,5-8,10,19H2,1H3,(H,20,21,23);1H. The largest absolute Gasteiger partial charge is 0.465 e. The molecule has 1 aliphatic heterocycles. The third-order valence-corrected chi connectivity index (χ3v) is 5.25. The van der Waals surface area contributed by atoms with Crippen molar-refractivity contribution in [3.63, 3.8) is 0 Å². The van der Waals surface area contributed by atoms with Crippen molar-refractivity contribution >= 4 is 40.8 Å². The normalized spacial score (nSPS) is 15.5. The van der Waals surface area contributed by atoms with E-state index in [9.17, 15) is 9.59 Å². The minimum Gasteiger partial charge on any atom is -0.465 e. The molecule has 1 saturated heterocycles. The molecular weight excluding hydrogens is 390 g/mol. The van der Waals surface area contributed by atoms with E-state index in [1.54, 1.807) is 18.3 Å². The number of nitrogens with zero attached hydrogens (tertiary/aromatic N) is 1. The molecule has 2 heterocycles. The number of carbonyl (C=O) groups excluding carboxylic acids is 2. The number of thiazole rings is 1. The molecule has 1 aromatic heterocycles. The van der Waals surface area contributed by atoms with E-state index in [1.165, 1.54) is 18.4 Å². The molecule has 3 rings (SSSR count). The van der Waals surface area contributed by atoms with Gasteiger partial charge in [-0.2, -0.15) is 0 Å². The number of nitrogens with two attached hydrogens (primary N) is 1. The second-order valence-corrected chi connectivity index (χ2v) is 7.34. The molecule has 146 valence electrons. The lowest BCUT2D eigenvalue weighted by atomic mass is 9.90. The summed E-state index contributed by atoms with van der Waals surface area (Å²) in [5, 5.41) is 3.33. The number of aromatic nitrogens is 1. The summed E-state index contributed by atoms with van der Waals surface area (Å²) < 4.78 is 10.0. The maximum absolute atomic E-state index is 12.4. The minimum atomic E-state index is -0.904. The second-order valence-electron chi connectivity index (χ2n) is 6.22. The molecule has 0 radical (unpaired) electrons. The average molecular weight is 412 g/mol. The third-order valence-electron chi connectivity index (χ3n) is 4.34. The minimum absolute atomic E-state index is 0. The van der Waals surface area contributed by atoms with Gasteiger partial charge in [0.2, 0.25) is 5.91 Å². The van der Waals surface area contributed by atoms with Crippen LogP contribution in [0, 0.1) is 0 Å². The zero-order chi connectivity index (χ0) is 18.6. The Morgan fingerprint density at radius 2 is 2.11 bits per heavy atom. The van der Waals surface area contributed by atoms with Gasteiger partial charge in [0.1, 0.15) is 5.54 Å². The Hall–Kier alpha value is -2.00. The van der Waals surface area contributed by atoms with Crippen LogP contribution < -0.4 is 11.1 Å². The zero-order valence-corrected chi connectivity index (χ0v) is 16.5. The number of hydrogen-bond acceptors (Lipinski definition) is 7. The summed E-state index contributed by atoms with van der Waals surface area (Å²) in [6, 6.07) is 7.25. The fraction of sp³-hybridized carbons (Fsp3) is 0.389. The molecule has 1 aromatic carbocycles. The van der Waals surface area contributed by atoms with Gasteiger partial charge in [0.05, 0.1) is 12.7 Å². The average Bonchev–Trinajstić information content (AvgIpc) is 3.08. The SMILES string of the molecule is COC(=O)c1cccc(Cc2cnc(NC(=O)C3(N)CCOCC3)s2)c1.Cl. The maximum atomic E-state index is 12.4. The highest BCUT2D eigenvalue weighted by Crippen LogP contribution is 2.24. The Morgan fingerprint density at radius 1 is 1.37 bits per heavy atom. The first-order valence-corrected chi connectivity index (χ1v) is 9.12. The molecule has 1 fully saturated rings. The fourth-order valence-corrected chi connectivity index (χ4v) is 3.60. The van der Waals surface area contributed by atoms with Crippen molar-refractivity contribution in [3.05, 3.63) is 46.5 Å². The smallest absolute Gasteiger partial charge is 0.337 e. The number of benzene rings is 1. The molecule has 2 aromatic rings. The number of amides is 1. The van der Waals surface area contributed by atoms with Crippen LogP contribution in [0.1, 0.15) is 33.6 Å². The van der Waals surface area contributed by atoms with Crippen molar-refractivity contribution in [1.82, 2.24) is 4.98 Å². The van der Waals surface area contributed by atoms with E-state index in [-0.39, 0.29) is 24.3 Å². The molecule has 0 unspecified atom stereocenters. The van der Waals surface area contributed by atoms with Gasteiger partial charge in [-0.15, -0.1) is 23.7 Å². The Bertz CT molecular complexity index is 805. The van der Waals surface area contributed by atoms with Crippen LogP contribution in [-0.4, -0.2) is 42.7 Å². The van der Waals surface area contributed by atoms with Gasteiger partial charge in [-0.1, -0.05) is 12.1 Å². The number of hydrogen-bond donors (Lipinski definition) is 2. The molecule has 1 aliphatic rings. The van der Waals surface area contributed by atoms with E-state index in [0.29, 0.717) is 43.2 Å². The first-order valence-electron chi connectivity index (χ1n) is 8.30. The first-order chi connectivity index (χ1) is 12.5. The van der Waals surface area contributed by atoms with Crippen molar-refractivity contribution in [2.75, 3.05) is 25.6 Å². The van der Waals surface area contributed by atoms with Crippen LogP contribution in [0.15, 0.2) is 30.5 Å². The van der Waals surface area contributed by atoms with Crippen LogP contribution in [-0.2, 0) is 20.7 Å². The molecule has 0 bridgehead atoms. The summed E-state index contributed by atoms with van der Waals surface area (Å²) >= 11 is 1.39. The Balaban J connectivity index is 0.00000261. The molecule has 0 saturated carbocycles. The molecule has 1 amide bonds. The van der Waals surface area contributed by atoms with Crippen molar-refractivity contribution in [1.29, 1.82) is 0 Å². The molecule has 9 heteroatoms. The first kappa shape index (κ1) is 21.3. The summed E-state index contributed by atoms with van der Waals surface area (Å²) in [5.74, 6) is -0.594. The number of methoxy groups -OCH3 is 1. The number of nitrogens with one attached hydrogen (secondary N) is 1. The molecule has 3 N–H and O–H groups in total. The van der Waals surface area contributed by atoms with E-state index in [4.69, 9.17) is 15.2 Å². The van der Waals surface area contributed by atoms with Crippen molar-refractivity contribution in [3.8, 4) is 0 Å². The molecule has 0 atom stereocenters. The summed E-state index contributed by atoms with van der Waals surface area (Å²) in [6.07, 6.45) is 3.33. The summed E-state index contributed by atoms with van der Waals surface area (Å²) in [6.45, 7) is 0.979. The Morgan fingerprint density at radius 3 is 2.81 bits per heavy atom. The monoisotopic (exact) mass is 411 g/mol.